The van der Waals surface area contributed by atoms with E-state index in [0.717, 1.165) is 0 Å². The van der Waals surface area contributed by atoms with Gasteiger partial charge in [-0.25, -0.2) is 4.39 Å². The minimum absolute atomic E-state index is 0.102. The fourth-order valence-corrected chi connectivity index (χ4v) is 1.18. The van der Waals surface area contributed by atoms with Crippen LogP contribution in [0, 0.1) is 12.7 Å². The maximum atomic E-state index is 13.1. The van der Waals surface area contributed by atoms with Crippen molar-refractivity contribution in [2.45, 2.75) is 12.8 Å². The van der Waals surface area contributed by atoms with Gasteiger partial charge >= 0.3 is 0 Å². The van der Waals surface area contributed by atoms with Gasteiger partial charge in [0.1, 0.15) is 11.6 Å². The summed E-state index contributed by atoms with van der Waals surface area (Å²) in [7, 11) is 0. The molecule has 0 bridgehead atoms. The van der Waals surface area contributed by atoms with E-state index < -0.39 is 0 Å². The second-order valence-electron chi connectivity index (χ2n) is 3.03. The molecule has 0 amide bonds. The first-order valence-electron chi connectivity index (χ1n) is 4.54. The third kappa shape index (κ3) is 2.70. The molecule has 1 unspecified atom stereocenters. The highest BCUT2D eigenvalue weighted by molar-refractivity contribution is 5.32. The molecule has 0 fully saturated rings. The lowest BCUT2D eigenvalue weighted by Gasteiger charge is -2.10. The zero-order valence-electron chi connectivity index (χ0n) is 8.16. The molecule has 0 aliphatic heterocycles. The number of rotatable bonds is 4. The lowest BCUT2D eigenvalue weighted by atomic mass is 10.0. The Hall–Kier alpha value is -1.09. The van der Waals surface area contributed by atoms with Gasteiger partial charge in [-0.2, -0.15) is 0 Å². The zero-order valence-corrected chi connectivity index (χ0v) is 8.16. The number of hydrogen-bond acceptors (Lipinski definition) is 2. The summed E-state index contributed by atoms with van der Waals surface area (Å²) in [5, 5.41) is 8.87. The van der Waals surface area contributed by atoms with Crippen molar-refractivity contribution in [1.82, 2.24) is 0 Å². The van der Waals surface area contributed by atoms with Crippen LogP contribution in [0.1, 0.15) is 18.4 Å². The molecule has 77 valence electrons. The van der Waals surface area contributed by atoms with E-state index in [0.29, 0.717) is 17.9 Å². The molecular formula is C11H14FO2. The van der Waals surface area contributed by atoms with E-state index in [1.165, 1.54) is 12.1 Å². The highest BCUT2D eigenvalue weighted by atomic mass is 19.1. The van der Waals surface area contributed by atoms with E-state index in [1.54, 1.807) is 6.07 Å². The molecule has 3 heteroatoms. The fourth-order valence-electron chi connectivity index (χ4n) is 1.18. The van der Waals surface area contributed by atoms with Crippen molar-refractivity contribution in [3.8, 4) is 5.75 Å². The molecule has 1 rings (SSSR count). The number of aliphatic hydroxyl groups excluding tert-OH is 1. The lowest BCUT2D eigenvalue weighted by molar-refractivity contribution is 0.281. The van der Waals surface area contributed by atoms with Crippen LogP contribution >= 0.6 is 0 Å². The molecule has 0 saturated carbocycles. The van der Waals surface area contributed by atoms with Gasteiger partial charge in [-0.05, 0) is 31.5 Å². The van der Waals surface area contributed by atoms with Gasteiger partial charge in [-0.3, -0.25) is 0 Å². The van der Waals surface area contributed by atoms with Gasteiger partial charge in [-0.1, -0.05) is 0 Å². The Morgan fingerprint density at radius 2 is 2.21 bits per heavy atom. The van der Waals surface area contributed by atoms with E-state index in [2.05, 4.69) is 6.92 Å². The largest absolute Gasteiger partial charge is 0.494 e. The van der Waals surface area contributed by atoms with Crippen molar-refractivity contribution in [3.63, 3.8) is 0 Å². The molecule has 0 heterocycles. The van der Waals surface area contributed by atoms with Crippen LogP contribution in [-0.2, 0) is 0 Å². The van der Waals surface area contributed by atoms with Crippen LogP contribution in [-0.4, -0.2) is 18.3 Å². The highest BCUT2D eigenvalue weighted by Gasteiger charge is 2.07. The van der Waals surface area contributed by atoms with Crippen molar-refractivity contribution in [3.05, 3.63) is 36.5 Å². The van der Waals surface area contributed by atoms with Crippen molar-refractivity contribution >= 4 is 0 Å². The van der Waals surface area contributed by atoms with Gasteiger partial charge < -0.3 is 9.84 Å². The van der Waals surface area contributed by atoms with Crippen molar-refractivity contribution in [2.75, 3.05) is 13.2 Å². The van der Waals surface area contributed by atoms with E-state index in [1.807, 2.05) is 6.92 Å². The number of hydrogen-bond donors (Lipinski definition) is 1. The Balaban J connectivity index is 2.94. The van der Waals surface area contributed by atoms with Crippen molar-refractivity contribution in [1.29, 1.82) is 0 Å². The zero-order chi connectivity index (χ0) is 10.6. The van der Waals surface area contributed by atoms with Crippen LogP contribution in [0.5, 0.6) is 5.75 Å². The van der Waals surface area contributed by atoms with Crippen LogP contribution in [0.4, 0.5) is 4.39 Å². The lowest BCUT2D eigenvalue weighted by Crippen LogP contribution is -2.01. The molecule has 1 aromatic carbocycles. The topological polar surface area (TPSA) is 29.5 Å². The minimum atomic E-state index is -0.368. The SMILES string of the molecule is [CH2]C(CO)c1cc(F)cc(OCC)c1. The third-order valence-electron chi connectivity index (χ3n) is 1.90. The van der Waals surface area contributed by atoms with Crippen molar-refractivity contribution < 1.29 is 14.2 Å². The predicted molar refractivity (Wildman–Crippen MR) is 52.8 cm³/mol. The molecule has 1 atom stereocenters. The normalized spacial score (nSPS) is 12.6. The van der Waals surface area contributed by atoms with Gasteiger partial charge in [0.2, 0.25) is 0 Å². The van der Waals surface area contributed by atoms with Crippen LogP contribution in [0.2, 0.25) is 0 Å². The molecule has 0 aliphatic rings. The van der Waals surface area contributed by atoms with E-state index in [9.17, 15) is 4.39 Å². The quantitative estimate of drug-likeness (QED) is 0.801. The van der Waals surface area contributed by atoms with Crippen LogP contribution in [0.3, 0.4) is 0 Å². The van der Waals surface area contributed by atoms with E-state index in [-0.39, 0.29) is 18.3 Å². The smallest absolute Gasteiger partial charge is 0.127 e. The first kappa shape index (κ1) is 11.0. The van der Waals surface area contributed by atoms with Gasteiger partial charge in [0.25, 0.3) is 0 Å². The first-order chi connectivity index (χ1) is 6.67. The summed E-state index contributed by atoms with van der Waals surface area (Å²) in [6, 6.07) is 4.37. The molecule has 0 aliphatic carbocycles. The summed E-state index contributed by atoms with van der Waals surface area (Å²) < 4.78 is 18.2. The average molecular weight is 197 g/mol. The summed E-state index contributed by atoms with van der Waals surface area (Å²) in [5.41, 5.74) is 0.649. The molecule has 0 aromatic heterocycles. The summed E-state index contributed by atoms with van der Waals surface area (Å²) in [5.74, 6) is -0.206. The number of ether oxygens (including phenoxy) is 1. The molecule has 0 saturated heterocycles. The second kappa shape index (κ2) is 4.96. The predicted octanol–water partition coefficient (Wildman–Crippen LogP) is 2.13. The Labute approximate surface area is 83.3 Å². The molecular weight excluding hydrogens is 183 g/mol. The summed E-state index contributed by atoms with van der Waals surface area (Å²) in [4.78, 5) is 0. The monoisotopic (exact) mass is 197 g/mol. The van der Waals surface area contributed by atoms with Gasteiger partial charge in [0.15, 0.2) is 0 Å². The molecule has 1 N–H and O–H groups in total. The Bertz CT molecular complexity index is 299. The first-order valence-corrected chi connectivity index (χ1v) is 4.54. The Morgan fingerprint density at radius 3 is 2.79 bits per heavy atom. The summed E-state index contributed by atoms with van der Waals surface area (Å²) in [6.07, 6.45) is 0. The van der Waals surface area contributed by atoms with Crippen LogP contribution in [0.25, 0.3) is 0 Å². The minimum Gasteiger partial charge on any atom is -0.494 e. The Morgan fingerprint density at radius 1 is 1.50 bits per heavy atom. The van der Waals surface area contributed by atoms with E-state index >= 15 is 0 Å². The van der Waals surface area contributed by atoms with Gasteiger partial charge in [0.05, 0.1) is 6.61 Å². The number of benzene rings is 1. The molecule has 1 radical (unpaired) electrons. The molecule has 2 nitrogen and oxygen atoms in total. The molecule has 14 heavy (non-hydrogen) atoms. The average Bonchev–Trinajstić information content (AvgIpc) is 2.16. The maximum absolute atomic E-state index is 13.1. The Kier molecular flexibility index (Phi) is 3.89. The number of halogens is 1. The molecule has 0 spiro atoms. The van der Waals surface area contributed by atoms with Gasteiger partial charge in [0, 0.05) is 18.6 Å². The van der Waals surface area contributed by atoms with E-state index in [4.69, 9.17) is 9.84 Å². The second-order valence-corrected chi connectivity index (χ2v) is 3.03. The fraction of sp³-hybridized carbons (Fsp3) is 0.364. The standard InChI is InChI=1S/C11H14FO2/c1-3-14-11-5-9(8(2)7-13)4-10(12)6-11/h4-6,8,13H,2-3,7H2,1H3. The highest BCUT2D eigenvalue weighted by Crippen LogP contribution is 2.22. The van der Waals surface area contributed by atoms with Crippen LogP contribution in [0.15, 0.2) is 18.2 Å². The number of aliphatic hydroxyl groups is 1. The van der Waals surface area contributed by atoms with Gasteiger partial charge in [-0.15, -0.1) is 0 Å². The summed E-state index contributed by atoms with van der Waals surface area (Å²) >= 11 is 0. The summed E-state index contributed by atoms with van der Waals surface area (Å²) in [6.45, 7) is 5.92. The maximum Gasteiger partial charge on any atom is 0.127 e. The molecule has 1 aromatic rings. The third-order valence-corrected chi connectivity index (χ3v) is 1.90. The van der Waals surface area contributed by atoms with Crippen LogP contribution < -0.4 is 4.74 Å². The van der Waals surface area contributed by atoms with Crippen molar-refractivity contribution in [2.24, 2.45) is 0 Å².